The lowest BCUT2D eigenvalue weighted by Gasteiger charge is -2.09. The predicted octanol–water partition coefficient (Wildman–Crippen LogP) is 4.58. The Morgan fingerprint density at radius 1 is 1.42 bits per heavy atom. The van der Waals surface area contributed by atoms with Crippen molar-refractivity contribution in [3.63, 3.8) is 0 Å². The average Bonchev–Trinajstić information content (AvgIpc) is 2.11. The van der Waals surface area contributed by atoms with E-state index in [9.17, 15) is 0 Å². The lowest BCUT2D eigenvalue weighted by atomic mass is 9.97. The topological polar surface area (TPSA) is 0 Å². The second-order valence-corrected chi connectivity index (χ2v) is 4.22. The third kappa shape index (κ3) is 6.04. The molecular formula is C11H21I. The van der Waals surface area contributed by atoms with Crippen molar-refractivity contribution in [3.8, 4) is 0 Å². The third-order valence-corrected chi connectivity index (χ3v) is 3.39. The van der Waals surface area contributed by atoms with Crippen molar-refractivity contribution in [1.82, 2.24) is 0 Å². The number of unbranched alkanes of at least 4 members (excludes halogenated alkanes) is 1. The van der Waals surface area contributed by atoms with Gasteiger partial charge in [-0.05, 0) is 25.7 Å². The van der Waals surface area contributed by atoms with Crippen LogP contribution in [0.5, 0.6) is 0 Å². The smallest absolute Gasteiger partial charge is 0.0203 e. The van der Waals surface area contributed by atoms with Crippen LogP contribution in [0.2, 0.25) is 0 Å². The minimum absolute atomic E-state index is 0.833. The van der Waals surface area contributed by atoms with Gasteiger partial charge in [-0.3, -0.25) is 0 Å². The molecule has 72 valence electrons. The van der Waals surface area contributed by atoms with E-state index in [0.717, 1.165) is 5.92 Å². The van der Waals surface area contributed by atoms with Crippen molar-refractivity contribution >= 4 is 22.6 Å². The molecule has 0 aliphatic rings. The van der Waals surface area contributed by atoms with Crippen molar-refractivity contribution in [1.29, 1.82) is 0 Å². The van der Waals surface area contributed by atoms with Crippen LogP contribution in [0.15, 0.2) is 11.6 Å². The first-order chi connectivity index (χ1) is 5.74. The minimum Gasteiger partial charge on any atom is -0.0817 e. The molecule has 0 amide bonds. The molecule has 0 rings (SSSR count). The molecule has 0 aliphatic heterocycles. The maximum Gasteiger partial charge on any atom is 0.0203 e. The molecule has 0 saturated heterocycles. The standard InChI is InChI=1S/C11H21I/c1-4-6-7-11(5-2)8-10(3)9-12/h8,11H,4-7,9H2,1-3H3/b10-8+/t11-/m0/s1. The van der Waals surface area contributed by atoms with Crippen LogP contribution >= 0.6 is 22.6 Å². The fraction of sp³-hybridized carbons (Fsp3) is 0.818. The van der Waals surface area contributed by atoms with Crippen LogP contribution in [0.4, 0.5) is 0 Å². The molecule has 0 radical (unpaired) electrons. The Morgan fingerprint density at radius 2 is 2.08 bits per heavy atom. The van der Waals surface area contributed by atoms with Gasteiger partial charge >= 0.3 is 0 Å². The van der Waals surface area contributed by atoms with E-state index in [1.54, 1.807) is 5.57 Å². The molecule has 0 N–H and O–H groups in total. The summed E-state index contributed by atoms with van der Waals surface area (Å²) >= 11 is 2.43. The Hall–Kier alpha value is 0.470. The highest BCUT2D eigenvalue weighted by atomic mass is 127. The highest BCUT2D eigenvalue weighted by Crippen LogP contribution is 2.16. The Balaban J connectivity index is 3.81. The summed E-state index contributed by atoms with van der Waals surface area (Å²) in [7, 11) is 0. The SMILES string of the molecule is CCCC[C@@H](/C=C(\C)CI)CC. The zero-order valence-electron chi connectivity index (χ0n) is 8.57. The van der Waals surface area contributed by atoms with E-state index in [2.05, 4.69) is 49.4 Å². The molecule has 0 heterocycles. The third-order valence-electron chi connectivity index (χ3n) is 2.18. The van der Waals surface area contributed by atoms with Gasteiger partial charge in [0.2, 0.25) is 0 Å². The molecule has 0 unspecified atom stereocenters. The molecule has 1 heteroatoms. The zero-order chi connectivity index (χ0) is 9.40. The van der Waals surface area contributed by atoms with E-state index in [4.69, 9.17) is 0 Å². The second kappa shape index (κ2) is 8.09. The Kier molecular flexibility index (Phi) is 8.40. The van der Waals surface area contributed by atoms with Gasteiger partial charge in [-0.2, -0.15) is 0 Å². The molecule has 0 aromatic carbocycles. The molecule has 0 fully saturated rings. The van der Waals surface area contributed by atoms with Gasteiger partial charge in [-0.1, -0.05) is 60.9 Å². The molecule has 0 aromatic heterocycles. The van der Waals surface area contributed by atoms with Gasteiger partial charge in [0.25, 0.3) is 0 Å². The van der Waals surface area contributed by atoms with Crippen molar-refractivity contribution in [3.05, 3.63) is 11.6 Å². The van der Waals surface area contributed by atoms with Gasteiger partial charge in [0, 0.05) is 4.43 Å². The van der Waals surface area contributed by atoms with E-state index in [0.29, 0.717) is 0 Å². The van der Waals surface area contributed by atoms with Crippen LogP contribution in [-0.4, -0.2) is 4.43 Å². The average molecular weight is 280 g/mol. The first-order valence-electron chi connectivity index (χ1n) is 4.97. The molecule has 0 aliphatic carbocycles. The Bertz CT molecular complexity index is 127. The van der Waals surface area contributed by atoms with Crippen molar-refractivity contribution in [2.24, 2.45) is 5.92 Å². The van der Waals surface area contributed by atoms with Gasteiger partial charge in [-0.25, -0.2) is 0 Å². The molecule has 1 atom stereocenters. The van der Waals surface area contributed by atoms with E-state index in [1.165, 1.54) is 30.1 Å². The highest BCUT2D eigenvalue weighted by Gasteiger charge is 2.01. The van der Waals surface area contributed by atoms with Crippen molar-refractivity contribution in [2.75, 3.05) is 4.43 Å². The van der Waals surface area contributed by atoms with Gasteiger partial charge in [0.05, 0.1) is 0 Å². The maximum atomic E-state index is 2.46. The molecule has 0 bridgehead atoms. The summed E-state index contributed by atoms with van der Waals surface area (Å²) in [4.78, 5) is 0. The van der Waals surface area contributed by atoms with E-state index in [1.807, 2.05) is 0 Å². The number of halogens is 1. The number of hydrogen-bond donors (Lipinski definition) is 0. The maximum absolute atomic E-state index is 2.46. The van der Waals surface area contributed by atoms with Crippen molar-refractivity contribution < 1.29 is 0 Å². The summed E-state index contributed by atoms with van der Waals surface area (Å²) in [5.74, 6) is 0.833. The van der Waals surface area contributed by atoms with Crippen LogP contribution in [-0.2, 0) is 0 Å². The van der Waals surface area contributed by atoms with Crippen LogP contribution in [0.3, 0.4) is 0 Å². The van der Waals surface area contributed by atoms with Crippen LogP contribution in [0, 0.1) is 5.92 Å². The molecule has 0 spiro atoms. The van der Waals surface area contributed by atoms with Gasteiger partial charge < -0.3 is 0 Å². The quantitative estimate of drug-likeness (QED) is 0.379. The molecular weight excluding hydrogens is 259 g/mol. The van der Waals surface area contributed by atoms with Gasteiger partial charge in [0.1, 0.15) is 0 Å². The number of hydrogen-bond acceptors (Lipinski definition) is 0. The molecule has 0 aromatic rings. The first kappa shape index (κ1) is 12.5. The molecule has 0 nitrogen and oxygen atoms in total. The predicted molar refractivity (Wildman–Crippen MR) is 66.0 cm³/mol. The lowest BCUT2D eigenvalue weighted by molar-refractivity contribution is 0.538. The van der Waals surface area contributed by atoms with Crippen LogP contribution in [0.1, 0.15) is 46.5 Å². The minimum atomic E-state index is 0.833. The zero-order valence-corrected chi connectivity index (χ0v) is 10.7. The summed E-state index contributed by atoms with van der Waals surface area (Å²) in [5.41, 5.74) is 1.54. The Labute approximate surface area is 91.0 Å². The molecule has 0 saturated carbocycles. The summed E-state index contributed by atoms with van der Waals surface area (Å²) < 4.78 is 1.18. The van der Waals surface area contributed by atoms with Gasteiger partial charge in [-0.15, -0.1) is 0 Å². The molecule has 12 heavy (non-hydrogen) atoms. The number of allylic oxidation sites excluding steroid dienone is 2. The summed E-state index contributed by atoms with van der Waals surface area (Å²) in [6.45, 7) is 6.79. The van der Waals surface area contributed by atoms with Crippen molar-refractivity contribution in [2.45, 2.75) is 46.5 Å². The fourth-order valence-electron chi connectivity index (χ4n) is 1.32. The van der Waals surface area contributed by atoms with Gasteiger partial charge in [0.15, 0.2) is 0 Å². The summed E-state index contributed by atoms with van der Waals surface area (Å²) in [6, 6.07) is 0. The van der Waals surface area contributed by atoms with Crippen LogP contribution in [0.25, 0.3) is 0 Å². The second-order valence-electron chi connectivity index (χ2n) is 3.46. The van der Waals surface area contributed by atoms with E-state index < -0.39 is 0 Å². The number of rotatable bonds is 6. The number of alkyl halides is 1. The normalized spacial score (nSPS) is 14.8. The summed E-state index contributed by atoms with van der Waals surface area (Å²) in [6.07, 6.45) is 7.84. The highest BCUT2D eigenvalue weighted by molar-refractivity contribution is 14.1. The first-order valence-corrected chi connectivity index (χ1v) is 6.50. The van der Waals surface area contributed by atoms with E-state index >= 15 is 0 Å². The monoisotopic (exact) mass is 280 g/mol. The Morgan fingerprint density at radius 3 is 2.50 bits per heavy atom. The van der Waals surface area contributed by atoms with E-state index in [-0.39, 0.29) is 0 Å². The largest absolute Gasteiger partial charge is 0.0817 e. The van der Waals surface area contributed by atoms with Crippen LogP contribution < -0.4 is 0 Å². The lowest BCUT2D eigenvalue weighted by Crippen LogP contribution is -1.95. The summed E-state index contributed by atoms with van der Waals surface area (Å²) in [5, 5.41) is 0. The fourth-order valence-corrected chi connectivity index (χ4v) is 1.57.